The lowest BCUT2D eigenvalue weighted by Crippen LogP contribution is -2.53. The van der Waals surface area contributed by atoms with Gasteiger partial charge >= 0.3 is 0 Å². The summed E-state index contributed by atoms with van der Waals surface area (Å²) in [6.07, 6.45) is 7.66. The van der Waals surface area contributed by atoms with Gasteiger partial charge in [-0.05, 0) is 24.8 Å². The highest BCUT2D eigenvalue weighted by molar-refractivity contribution is 5.48. The van der Waals surface area contributed by atoms with Gasteiger partial charge in [-0.1, -0.05) is 42.5 Å². The summed E-state index contributed by atoms with van der Waals surface area (Å²) in [6.45, 7) is 1.08. The fourth-order valence-electron chi connectivity index (χ4n) is 2.03. The van der Waals surface area contributed by atoms with Gasteiger partial charge in [0.25, 0.3) is 0 Å². The lowest BCUT2D eigenvalue weighted by Gasteiger charge is -2.41. The summed E-state index contributed by atoms with van der Waals surface area (Å²) >= 11 is 0. The smallest absolute Gasteiger partial charge is 0.0613 e. The van der Waals surface area contributed by atoms with E-state index >= 15 is 0 Å². The quantitative estimate of drug-likeness (QED) is 0.792. The highest BCUT2D eigenvalue weighted by Gasteiger charge is 2.34. The first kappa shape index (κ1) is 11.4. The molecule has 0 aromatic heterocycles. The average Bonchev–Trinajstić information content (AvgIpc) is 2.29. The standard InChI is InChI=1S/C14H19NO/c16-12-14(9-5-10-14)15-11-4-8-13-6-2-1-3-7-13/h1-4,6-8,15-16H,5,9-12H2/b8-4+. The molecule has 0 atom stereocenters. The Bertz CT molecular complexity index is 336. The van der Waals surface area contributed by atoms with E-state index in [2.05, 4.69) is 29.6 Å². The van der Waals surface area contributed by atoms with Gasteiger partial charge in [-0.3, -0.25) is 0 Å². The van der Waals surface area contributed by atoms with E-state index in [0.29, 0.717) is 0 Å². The molecule has 2 heteroatoms. The summed E-state index contributed by atoms with van der Waals surface area (Å²) in [4.78, 5) is 0. The van der Waals surface area contributed by atoms with E-state index in [4.69, 9.17) is 0 Å². The van der Waals surface area contributed by atoms with Crippen LogP contribution in [0.2, 0.25) is 0 Å². The van der Waals surface area contributed by atoms with Gasteiger partial charge in [0.1, 0.15) is 0 Å². The molecule has 0 bridgehead atoms. The highest BCUT2D eigenvalue weighted by Crippen LogP contribution is 2.30. The second kappa shape index (κ2) is 5.28. The van der Waals surface area contributed by atoms with Crippen molar-refractivity contribution in [2.75, 3.05) is 13.2 Å². The Morgan fingerprint density at radius 2 is 2.00 bits per heavy atom. The fourth-order valence-corrected chi connectivity index (χ4v) is 2.03. The molecule has 1 aromatic rings. The molecular formula is C14H19NO. The Kier molecular flexibility index (Phi) is 3.75. The van der Waals surface area contributed by atoms with Gasteiger partial charge in [0.05, 0.1) is 6.61 Å². The monoisotopic (exact) mass is 217 g/mol. The van der Waals surface area contributed by atoms with Crippen LogP contribution in [0.1, 0.15) is 24.8 Å². The Morgan fingerprint density at radius 3 is 2.56 bits per heavy atom. The number of aliphatic hydroxyl groups excluding tert-OH is 1. The molecule has 0 heterocycles. The van der Waals surface area contributed by atoms with Crippen LogP contribution in [0.15, 0.2) is 36.4 Å². The number of hydrogen-bond acceptors (Lipinski definition) is 2. The second-order valence-corrected chi connectivity index (χ2v) is 4.49. The van der Waals surface area contributed by atoms with Gasteiger partial charge in [0, 0.05) is 12.1 Å². The Balaban J connectivity index is 1.77. The van der Waals surface area contributed by atoms with Crippen LogP contribution < -0.4 is 5.32 Å². The molecule has 0 radical (unpaired) electrons. The van der Waals surface area contributed by atoms with E-state index in [0.717, 1.165) is 19.4 Å². The van der Waals surface area contributed by atoms with Crippen LogP contribution in [0.5, 0.6) is 0 Å². The van der Waals surface area contributed by atoms with Crippen LogP contribution >= 0.6 is 0 Å². The molecule has 1 fully saturated rings. The molecule has 0 spiro atoms. The number of benzene rings is 1. The molecule has 0 unspecified atom stereocenters. The van der Waals surface area contributed by atoms with Crippen molar-refractivity contribution in [2.24, 2.45) is 0 Å². The van der Waals surface area contributed by atoms with E-state index in [1.54, 1.807) is 0 Å². The zero-order chi connectivity index (χ0) is 11.3. The lowest BCUT2D eigenvalue weighted by molar-refractivity contribution is 0.0926. The highest BCUT2D eigenvalue weighted by atomic mass is 16.3. The van der Waals surface area contributed by atoms with Crippen molar-refractivity contribution in [1.29, 1.82) is 0 Å². The van der Waals surface area contributed by atoms with E-state index in [1.165, 1.54) is 12.0 Å². The normalized spacial score (nSPS) is 18.6. The van der Waals surface area contributed by atoms with E-state index in [-0.39, 0.29) is 12.1 Å². The van der Waals surface area contributed by atoms with Crippen molar-refractivity contribution in [1.82, 2.24) is 5.32 Å². The van der Waals surface area contributed by atoms with Crippen molar-refractivity contribution >= 4 is 6.08 Å². The van der Waals surface area contributed by atoms with Gasteiger partial charge in [-0.2, -0.15) is 0 Å². The summed E-state index contributed by atoms with van der Waals surface area (Å²) in [5, 5.41) is 12.7. The molecule has 86 valence electrons. The van der Waals surface area contributed by atoms with Crippen molar-refractivity contribution in [2.45, 2.75) is 24.8 Å². The third-order valence-electron chi connectivity index (χ3n) is 3.32. The van der Waals surface area contributed by atoms with E-state index in [1.807, 2.05) is 18.2 Å². The van der Waals surface area contributed by atoms with Crippen LogP contribution in [0, 0.1) is 0 Å². The molecule has 0 aliphatic heterocycles. The Morgan fingerprint density at radius 1 is 1.25 bits per heavy atom. The molecule has 16 heavy (non-hydrogen) atoms. The summed E-state index contributed by atoms with van der Waals surface area (Å²) < 4.78 is 0. The minimum atomic E-state index is 0.0149. The third-order valence-corrected chi connectivity index (χ3v) is 3.32. The predicted octanol–water partition coefficient (Wildman–Crippen LogP) is 2.20. The number of nitrogens with one attached hydrogen (secondary N) is 1. The third kappa shape index (κ3) is 2.71. The maximum Gasteiger partial charge on any atom is 0.0613 e. The van der Waals surface area contributed by atoms with Crippen LogP contribution in [-0.4, -0.2) is 23.8 Å². The molecule has 1 aromatic carbocycles. The predicted molar refractivity (Wildman–Crippen MR) is 67.1 cm³/mol. The molecule has 0 amide bonds. The lowest BCUT2D eigenvalue weighted by atomic mass is 9.77. The molecule has 2 nitrogen and oxygen atoms in total. The molecule has 2 rings (SSSR count). The van der Waals surface area contributed by atoms with Gasteiger partial charge in [-0.15, -0.1) is 0 Å². The fraction of sp³-hybridized carbons (Fsp3) is 0.429. The van der Waals surface area contributed by atoms with Gasteiger partial charge < -0.3 is 10.4 Å². The minimum Gasteiger partial charge on any atom is -0.394 e. The maximum atomic E-state index is 9.27. The topological polar surface area (TPSA) is 32.3 Å². The van der Waals surface area contributed by atoms with Gasteiger partial charge in [0.15, 0.2) is 0 Å². The molecule has 1 aliphatic carbocycles. The average molecular weight is 217 g/mol. The van der Waals surface area contributed by atoms with Gasteiger partial charge in [-0.25, -0.2) is 0 Å². The van der Waals surface area contributed by atoms with Crippen molar-refractivity contribution in [3.8, 4) is 0 Å². The Labute approximate surface area is 97.0 Å². The largest absolute Gasteiger partial charge is 0.394 e. The summed E-state index contributed by atoms with van der Waals surface area (Å²) in [5.41, 5.74) is 1.23. The van der Waals surface area contributed by atoms with Crippen LogP contribution in [0.4, 0.5) is 0 Å². The summed E-state index contributed by atoms with van der Waals surface area (Å²) in [6, 6.07) is 10.3. The zero-order valence-corrected chi connectivity index (χ0v) is 9.52. The minimum absolute atomic E-state index is 0.0149. The van der Waals surface area contributed by atoms with Crippen LogP contribution in [0.25, 0.3) is 6.08 Å². The molecule has 2 N–H and O–H groups in total. The first-order valence-electron chi connectivity index (χ1n) is 5.92. The molecular weight excluding hydrogens is 198 g/mol. The van der Waals surface area contributed by atoms with Gasteiger partial charge in [0.2, 0.25) is 0 Å². The van der Waals surface area contributed by atoms with Crippen molar-refractivity contribution < 1.29 is 5.11 Å². The molecule has 1 saturated carbocycles. The molecule has 1 aliphatic rings. The zero-order valence-electron chi connectivity index (χ0n) is 9.52. The van der Waals surface area contributed by atoms with Crippen molar-refractivity contribution in [3.05, 3.63) is 42.0 Å². The maximum absolute atomic E-state index is 9.27. The summed E-state index contributed by atoms with van der Waals surface area (Å²) in [7, 11) is 0. The number of aliphatic hydroxyl groups is 1. The first-order valence-corrected chi connectivity index (χ1v) is 5.92. The summed E-state index contributed by atoms with van der Waals surface area (Å²) in [5.74, 6) is 0. The van der Waals surface area contributed by atoms with Crippen LogP contribution in [-0.2, 0) is 0 Å². The molecule has 0 saturated heterocycles. The van der Waals surface area contributed by atoms with Crippen LogP contribution in [0.3, 0.4) is 0 Å². The van der Waals surface area contributed by atoms with E-state index in [9.17, 15) is 5.11 Å². The second-order valence-electron chi connectivity index (χ2n) is 4.49. The number of hydrogen-bond donors (Lipinski definition) is 2. The first-order chi connectivity index (χ1) is 7.85. The SMILES string of the molecule is OCC1(NC/C=C/c2ccccc2)CCC1. The van der Waals surface area contributed by atoms with E-state index < -0.39 is 0 Å². The Hall–Kier alpha value is -1.12. The van der Waals surface area contributed by atoms with Crippen molar-refractivity contribution in [3.63, 3.8) is 0 Å². The number of rotatable bonds is 5.